The first-order valence-corrected chi connectivity index (χ1v) is 7.97. The quantitative estimate of drug-likeness (QED) is 0.345. The highest BCUT2D eigenvalue weighted by atomic mass is 127. The van der Waals surface area contributed by atoms with Crippen LogP contribution in [-0.2, 0) is 19.5 Å². The lowest BCUT2D eigenvalue weighted by Gasteiger charge is -2.13. The van der Waals surface area contributed by atoms with Gasteiger partial charge in [0.05, 0.1) is 0 Å². The third-order valence-electron chi connectivity index (χ3n) is 3.46. The van der Waals surface area contributed by atoms with Crippen LogP contribution in [-0.4, -0.2) is 40.9 Å². The Balaban J connectivity index is 0.00000338. The molecule has 0 spiro atoms. The predicted octanol–water partition coefficient (Wildman–Crippen LogP) is 2.43. The second kappa shape index (κ2) is 11.6. The molecule has 0 saturated carbocycles. The molecule has 0 fully saturated rings. The Labute approximate surface area is 168 Å². The first kappa shape index (κ1) is 22.1. The summed E-state index contributed by atoms with van der Waals surface area (Å²) in [6, 6.07) is 6.55. The van der Waals surface area contributed by atoms with Crippen LogP contribution in [0.1, 0.15) is 18.3 Å². The van der Waals surface area contributed by atoms with Gasteiger partial charge in [0.1, 0.15) is 17.9 Å². The minimum absolute atomic E-state index is 0. The highest BCUT2D eigenvalue weighted by molar-refractivity contribution is 14.0. The van der Waals surface area contributed by atoms with Gasteiger partial charge in [0, 0.05) is 33.1 Å². The van der Waals surface area contributed by atoms with E-state index < -0.39 is 6.61 Å². The van der Waals surface area contributed by atoms with Crippen molar-refractivity contribution in [1.29, 1.82) is 0 Å². The summed E-state index contributed by atoms with van der Waals surface area (Å²) in [4.78, 5) is 4.14. The van der Waals surface area contributed by atoms with Gasteiger partial charge >= 0.3 is 6.61 Å². The van der Waals surface area contributed by atoms with E-state index in [0.29, 0.717) is 25.6 Å². The zero-order valence-electron chi connectivity index (χ0n) is 14.7. The number of aryl methyl sites for hydroxylation is 1. The number of hydrogen-bond donors (Lipinski definition) is 2. The monoisotopic (exact) mass is 480 g/mol. The summed E-state index contributed by atoms with van der Waals surface area (Å²) in [6.07, 6.45) is 2.52. The number of aliphatic imine (C=N–C) groups is 1. The summed E-state index contributed by atoms with van der Waals surface area (Å²) in [5.41, 5.74) is 0.813. The maximum absolute atomic E-state index is 12.3. The van der Waals surface area contributed by atoms with Crippen molar-refractivity contribution >= 4 is 29.9 Å². The van der Waals surface area contributed by atoms with Gasteiger partial charge in [-0.2, -0.15) is 8.78 Å². The van der Waals surface area contributed by atoms with Gasteiger partial charge in [0.25, 0.3) is 0 Å². The molecule has 1 heterocycles. The fourth-order valence-electron chi connectivity index (χ4n) is 2.27. The Hall–Kier alpha value is -1.98. The van der Waals surface area contributed by atoms with Crippen molar-refractivity contribution < 1.29 is 13.5 Å². The number of rotatable bonds is 8. The Bertz CT molecular complexity index is 695. The second-order valence-electron chi connectivity index (χ2n) is 5.17. The van der Waals surface area contributed by atoms with Crippen LogP contribution in [0.15, 0.2) is 35.6 Å². The molecule has 1 aromatic carbocycles. The molecule has 2 aromatic rings. The summed E-state index contributed by atoms with van der Waals surface area (Å²) < 4.78 is 30.9. The molecule has 7 nitrogen and oxygen atoms in total. The maximum atomic E-state index is 12.3. The van der Waals surface area contributed by atoms with Crippen molar-refractivity contribution in [2.75, 3.05) is 13.6 Å². The lowest BCUT2D eigenvalue weighted by molar-refractivity contribution is -0.0498. The van der Waals surface area contributed by atoms with E-state index in [-0.39, 0.29) is 29.7 Å². The van der Waals surface area contributed by atoms with Crippen LogP contribution in [0.2, 0.25) is 0 Å². The number of halogens is 3. The number of guanidine groups is 1. The molecular weight excluding hydrogens is 457 g/mol. The van der Waals surface area contributed by atoms with E-state index in [9.17, 15) is 8.78 Å². The van der Waals surface area contributed by atoms with Crippen molar-refractivity contribution in [2.24, 2.45) is 4.99 Å². The highest BCUT2D eigenvalue weighted by Gasteiger charge is 2.06. The normalized spacial score (nSPS) is 11.2. The molecule has 144 valence electrons. The number of alkyl halides is 2. The van der Waals surface area contributed by atoms with E-state index >= 15 is 0 Å². The number of hydrogen-bond acceptors (Lipinski definition) is 4. The molecule has 0 bridgehead atoms. The number of ether oxygens (including phenoxy) is 1. The van der Waals surface area contributed by atoms with E-state index in [2.05, 4.69) is 30.6 Å². The van der Waals surface area contributed by atoms with E-state index in [1.54, 1.807) is 25.5 Å². The van der Waals surface area contributed by atoms with Crippen LogP contribution >= 0.6 is 24.0 Å². The summed E-state index contributed by atoms with van der Waals surface area (Å²) >= 11 is 0. The molecule has 0 aliphatic rings. The summed E-state index contributed by atoms with van der Waals surface area (Å²) in [5.74, 6) is 1.68. The molecule has 1 aromatic heterocycles. The first-order valence-electron chi connectivity index (χ1n) is 7.97. The topological polar surface area (TPSA) is 76.4 Å². The van der Waals surface area contributed by atoms with Gasteiger partial charge in [-0.15, -0.1) is 34.2 Å². The van der Waals surface area contributed by atoms with Crippen LogP contribution in [0, 0.1) is 0 Å². The Morgan fingerprint density at radius 1 is 1.35 bits per heavy atom. The number of nitrogens with zero attached hydrogens (tertiary/aromatic N) is 4. The van der Waals surface area contributed by atoms with Crippen LogP contribution in [0.5, 0.6) is 5.75 Å². The molecule has 2 rings (SSSR count). The molecule has 0 atom stereocenters. The van der Waals surface area contributed by atoms with Gasteiger partial charge in [0.15, 0.2) is 5.96 Å². The summed E-state index contributed by atoms with van der Waals surface area (Å²) in [5, 5.41) is 14.2. The molecule has 0 amide bonds. The van der Waals surface area contributed by atoms with Crippen LogP contribution in [0.3, 0.4) is 0 Å². The molecule has 0 aliphatic carbocycles. The van der Waals surface area contributed by atoms with Crippen molar-refractivity contribution in [3.8, 4) is 5.75 Å². The molecule has 26 heavy (non-hydrogen) atoms. The third kappa shape index (κ3) is 7.10. The predicted molar refractivity (Wildman–Crippen MR) is 106 cm³/mol. The molecule has 0 saturated heterocycles. The maximum Gasteiger partial charge on any atom is 0.387 e. The smallest absolute Gasteiger partial charge is 0.387 e. The molecule has 10 heteroatoms. The molecule has 0 aliphatic heterocycles. The van der Waals surface area contributed by atoms with Gasteiger partial charge in [-0.3, -0.25) is 4.99 Å². The van der Waals surface area contributed by atoms with Gasteiger partial charge in [-0.05, 0) is 17.7 Å². The van der Waals surface area contributed by atoms with Gasteiger partial charge in [-0.25, -0.2) is 0 Å². The van der Waals surface area contributed by atoms with Crippen molar-refractivity contribution in [3.63, 3.8) is 0 Å². The number of benzene rings is 1. The molecular formula is C16H23F2IN6O. The van der Waals surface area contributed by atoms with Gasteiger partial charge < -0.3 is 19.9 Å². The van der Waals surface area contributed by atoms with E-state index in [1.807, 2.05) is 17.6 Å². The first-order chi connectivity index (χ1) is 12.1. The fourth-order valence-corrected chi connectivity index (χ4v) is 2.27. The second-order valence-corrected chi connectivity index (χ2v) is 5.17. The van der Waals surface area contributed by atoms with E-state index in [1.165, 1.54) is 6.07 Å². The fraction of sp³-hybridized carbons (Fsp3) is 0.438. The highest BCUT2D eigenvalue weighted by Crippen LogP contribution is 2.15. The Morgan fingerprint density at radius 3 is 2.85 bits per heavy atom. The average Bonchev–Trinajstić information content (AvgIpc) is 3.05. The van der Waals surface area contributed by atoms with Crippen LogP contribution in [0.4, 0.5) is 8.78 Å². The standard InChI is InChI=1S/C16H22F2N6O.HI/c1-3-14-23-22-11-24(14)8-7-20-16(19-2)21-10-12-5-4-6-13(9-12)25-15(17)18;/h4-6,9,11,15H,3,7-8,10H2,1-2H3,(H2,19,20,21);1H. The third-order valence-corrected chi connectivity index (χ3v) is 3.46. The Kier molecular flexibility index (Phi) is 9.84. The number of aromatic nitrogens is 3. The zero-order valence-corrected chi connectivity index (χ0v) is 17.0. The largest absolute Gasteiger partial charge is 0.435 e. The number of nitrogens with one attached hydrogen (secondary N) is 2. The lowest BCUT2D eigenvalue weighted by Crippen LogP contribution is -2.38. The van der Waals surface area contributed by atoms with Crippen molar-refractivity contribution in [1.82, 2.24) is 25.4 Å². The minimum atomic E-state index is -2.83. The van der Waals surface area contributed by atoms with Crippen LogP contribution < -0.4 is 15.4 Å². The molecule has 0 radical (unpaired) electrons. The van der Waals surface area contributed by atoms with Gasteiger partial charge in [-0.1, -0.05) is 19.1 Å². The minimum Gasteiger partial charge on any atom is -0.435 e. The van der Waals surface area contributed by atoms with E-state index in [0.717, 1.165) is 17.8 Å². The Morgan fingerprint density at radius 2 is 2.15 bits per heavy atom. The van der Waals surface area contributed by atoms with Crippen molar-refractivity contribution in [2.45, 2.75) is 33.0 Å². The van der Waals surface area contributed by atoms with Crippen LogP contribution in [0.25, 0.3) is 0 Å². The molecule has 2 N–H and O–H groups in total. The van der Waals surface area contributed by atoms with E-state index in [4.69, 9.17) is 0 Å². The van der Waals surface area contributed by atoms with Gasteiger partial charge in [0.2, 0.25) is 0 Å². The zero-order chi connectivity index (χ0) is 18.1. The SMILES string of the molecule is CCc1nncn1CCNC(=NC)NCc1cccc(OC(F)F)c1.I. The average molecular weight is 480 g/mol. The molecule has 0 unspecified atom stereocenters. The van der Waals surface area contributed by atoms with Crippen molar-refractivity contribution in [3.05, 3.63) is 42.0 Å². The summed E-state index contributed by atoms with van der Waals surface area (Å²) in [6.45, 7) is 1.00. The summed E-state index contributed by atoms with van der Waals surface area (Å²) in [7, 11) is 1.67. The lowest BCUT2D eigenvalue weighted by atomic mass is 10.2.